The molecule has 0 atom stereocenters. The van der Waals surface area contributed by atoms with E-state index in [1.807, 2.05) is 47.7 Å². The van der Waals surface area contributed by atoms with Crippen LogP contribution in [0.25, 0.3) is 103 Å². The summed E-state index contributed by atoms with van der Waals surface area (Å²) in [6.45, 7) is 0. The summed E-state index contributed by atoms with van der Waals surface area (Å²) in [6.07, 6.45) is 0. The van der Waals surface area contributed by atoms with E-state index in [1.54, 1.807) is 0 Å². The van der Waals surface area contributed by atoms with Crippen LogP contribution >= 0.6 is 11.3 Å². The van der Waals surface area contributed by atoms with Gasteiger partial charge in [-0.25, -0.2) is 4.98 Å². The number of furan rings is 1. The molecule has 0 saturated heterocycles. The van der Waals surface area contributed by atoms with Gasteiger partial charge in [0.15, 0.2) is 5.58 Å². The van der Waals surface area contributed by atoms with E-state index in [9.17, 15) is 0 Å². The van der Waals surface area contributed by atoms with Crippen molar-refractivity contribution in [1.29, 1.82) is 0 Å². The first-order chi connectivity index (χ1) is 22.8. The van der Waals surface area contributed by atoms with Crippen molar-refractivity contribution in [1.82, 2.24) is 9.55 Å². The van der Waals surface area contributed by atoms with Gasteiger partial charge in [0.05, 0.1) is 16.7 Å². The summed E-state index contributed by atoms with van der Waals surface area (Å²) in [5.74, 6) is 0.608. The molecule has 4 aromatic heterocycles. The van der Waals surface area contributed by atoms with Gasteiger partial charge in [0, 0.05) is 58.7 Å². The lowest BCUT2D eigenvalue weighted by Gasteiger charge is -2.12. The van der Waals surface area contributed by atoms with E-state index in [0.717, 1.165) is 49.7 Å². The average Bonchev–Trinajstić information content (AvgIpc) is 3.87. The number of oxazole rings is 1. The van der Waals surface area contributed by atoms with Gasteiger partial charge < -0.3 is 13.4 Å². The standard InChI is InChI=1S/C41H22N2O2S/c1-2-11-26-24(9-1)33(22-36-38(26)29-21-23(17-20-34(29)44-36)41-42-30-13-5-7-15-35(30)45-41)43-31-14-6-3-12-28(31)39-32(43)19-18-27-25-10-4-8-16-37(25)46-40(27)39/h1-22H. The molecule has 7 aromatic carbocycles. The van der Waals surface area contributed by atoms with Crippen LogP contribution < -0.4 is 0 Å². The lowest BCUT2D eigenvalue weighted by molar-refractivity contribution is 0.620. The summed E-state index contributed by atoms with van der Waals surface area (Å²) in [6, 6.07) is 47.1. The minimum atomic E-state index is 0.608. The number of benzene rings is 7. The van der Waals surface area contributed by atoms with Gasteiger partial charge in [0.25, 0.3) is 0 Å². The Morgan fingerprint density at radius 2 is 1.28 bits per heavy atom. The highest BCUT2D eigenvalue weighted by molar-refractivity contribution is 7.26. The molecule has 0 aliphatic rings. The average molecular weight is 607 g/mol. The SMILES string of the molecule is c1ccc2oc(-c3ccc4oc5cc(-n6c7ccccc7c7c8sc9ccccc9c8ccc76)c6ccccc6c5c4c3)nc2c1. The van der Waals surface area contributed by atoms with Crippen LogP contribution in [0.5, 0.6) is 0 Å². The van der Waals surface area contributed by atoms with Gasteiger partial charge in [-0.1, -0.05) is 78.9 Å². The fraction of sp³-hybridized carbons (Fsp3) is 0. The Morgan fingerprint density at radius 3 is 2.20 bits per heavy atom. The monoisotopic (exact) mass is 606 g/mol. The molecule has 0 radical (unpaired) electrons. The predicted octanol–water partition coefficient (Wildman–Crippen LogP) is 12.0. The summed E-state index contributed by atoms with van der Waals surface area (Å²) in [7, 11) is 0. The predicted molar refractivity (Wildman–Crippen MR) is 191 cm³/mol. The quantitative estimate of drug-likeness (QED) is 0.197. The molecule has 11 rings (SSSR count). The molecular weight excluding hydrogens is 585 g/mol. The zero-order valence-electron chi connectivity index (χ0n) is 24.3. The number of hydrogen-bond acceptors (Lipinski definition) is 4. The van der Waals surface area contributed by atoms with Crippen molar-refractivity contribution < 1.29 is 8.83 Å². The molecule has 0 aliphatic heterocycles. The van der Waals surface area contributed by atoms with Gasteiger partial charge in [-0.3, -0.25) is 0 Å². The molecule has 0 spiro atoms. The summed E-state index contributed by atoms with van der Waals surface area (Å²) >= 11 is 1.88. The highest BCUT2D eigenvalue weighted by Gasteiger charge is 2.21. The van der Waals surface area contributed by atoms with Crippen molar-refractivity contribution in [3.8, 4) is 17.1 Å². The minimum Gasteiger partial charge on any atom is -0.456 e. The van der Waals surface area contributed by atoms with Crippen molar-refractivity contribution in [3.63, 3.8) is 0 Å². The molecule has 0 bridgehead atoms. The first kappa shape index (κ1) is 24.4. The highest BCUT2D eigenvalue weighted by atomic mass is 32.1. The van der Waals surface area contributed by atoms with Gasteiger partial charge in [0.1, 0.15) is 16.7 Å². The molecule has 4 heterocycles. The maximum absolute atomic E-state index is 6.62. The van der Waals surface area contributed by atoms with Gasteiger partial charge in [0.2, 0.25) is 5.89 Å². The number of thiophene rings is 1. The molecule has 0 amide bonds. The molecule has 0 unspecified atom stereocenters. The molecular formula is C41H22N2O2S. The molecule has 5 heteroatoms. The normalized spacial score (nSPS) is 12.3. The van der Waals surface area contributed by atoms with E-state index in [0.29, 0.717) is 5.89 Å². The van der Waals surface area contributed by atoms with Crippen LogP contribution in [0.1, 0.15) is 0 Å². The first-order valence-electron chi connectivity index (χ1n) is 15.4. The van der Waals surface area contributed by atoms with Crippen LogP contribution in [0.4, 0.5) is 0 Å². The third kappa shape index (κ3) is 3.19. The fourth-order valence-electron chi connectivity index (χ4n) is 7.43. The van der Waals surface area contributed by atoms with Crippen molar-refractivity contribution in [3.05, 3.63) is 133 Å². The Balaban J connectivity index is 1.22. The maximum Gasteiger partial charge on any atom is 0.227 e. The maximum atomic E-state index is 6.62. The van der Waals surface area contributed by atoms with Crippen molar-refractivity contribution >= 4 is 97.1 Å². The third-order valence-corrected chi connectivity index (χ3v) is 10.6. The Labute approximate surface area is 265 Å². The second-order valence-electron chi connectivity index (χ2n) is 11.9. The second-order valence-corrected chi connectivity index (χ2v) is 13.0. The van der Waals surface area contributed by atoms with E-state index in [1.165, 1.54) is 47.4 Å². The van der Waals surface area contributed by atoms with E-state index in [2.05, 4.69) is 102 Å². The fourth-order valence-corrected chi connectivity index (χ4v) is 8.69. The number of fused-ring (bicyclic) bond motifs is 13. The van der Waals surface area contributed by atoms with Crippen LogP contribution in [0.15, 0.2) is 142 Å². The smallest absolute Gasteiger partial charge is 0.227 e. The zero-order valence-corrected chi connectivity index (χ0v) is 25.1. The summed E-state index contributed by atoms with van der Waals surface area (Å²) in [4.78, 5) is 4.76. The molecule has 0 saturated carbocycles. The lowest BCUT2D eigenvalue weighted by atomic mass is 10.0. The molecule has 214 valence electrons. The third-order valence-electron chi connectivity index (χ3n) is 9.42. The second kappa shape index (κ2) is 8.84. The number of hydrogen-bond donors (Lipinski definition) is 0. The minimum absolute atomic E-state index is 0.608. The Bertz CT molecular complexity index is 3010. The molecule has 0 N–H and O–H groups in total. The molecule has 46 heavy (non-hydrogen) atoms. The van der Waals surface area contributed by atoms with Crippen molar-refractivity contribution in [2.24, 2.45) is 0 Å². The zero-order chi connectivity index (χ0) is 29.9. The number of rotatable bonds is 2. The number of aromatic nitrogens is 2. The van der Waals surface area contributed by atoms with Gasteiger partial charge >= 0.3 is 0 Å². The molecule has 0 fully saturated rings. The first-order valence-corrected chi connectivity index (χ1v) is 16.2. The molecule has 0 aliphatic carbocycles. The summed E-state index contributed by atoms with van der Waals surface area (Å²) in [5.41, 5.74) is 7.73. The van der Waals surface area contributed by atoms with Crippen LogP contribution in [-0.2, 0) is 0 Å². The van der Waals surface area contributed by atoms with Crippen LogP contribution in [0, 0.1) is 0 Å². The molecule has 4 nitrogen and oxygen atoms in total. The van der Waals surface area contributed by atoms with E-state index in [-0.39, 0.29) is 0 Å². The van der Waals surface area contributed by atoms with E-state index < -0.39 is 0 Å². The van der Waals surface area contributed by atoms with Crippen molar-refractivity contribution in [2.45, 2.75) is 0 Å². The summed E-state index contributed by atoms with van der Waals surface area (Å²) < 4.78 is 17.8. The van der Waals surface area contributed by atoms with Crippen LogP contribution in [0.3, 0.4) is 0 Å². The van der Waals surface area contributed by atoms with Gasteiger partial charge in [-0.15, -0.1) is 11.3 Å². The Kier molecular flexibility index (Phi) is 4.69. The molecule has 11 aromatic rings. The van der Waals surface area contributed by atoms with Crippen LogP contribution in [0.2, 0.25) is 0 Å². The number of nitrogens with zero attached hydrogens (tertiary/aromatic N) is 2. The van der Waals surface area contributed by atoms with Gasteiger partial charge in [-0.2, -0.15) is 0 Å². The highest BCUT2D eigenvalue weighted by Crippen LogP contribution is 2.45. The van der Waals surface area contributed by atoms with Crippen molar-refractivity contribution in [2.75, 3.05) is 0 Å². The van der Waals surface area contributed by atoms with E-state index in [4.69, 9.17) is 13.8 Å². The topological polar surface area (TPSA) is 44.1 Å². The Hall–Kier alpha value is -5.91. The summed E-state index contributed by atoms with van der Waals surface area (Å²) in [5, 5.41) is 9.64. The van der Waals surface area contributed by atoms with E-state index >= 15 is 0 Å². The number of para-hydroxylation sites is 3. The van der Waals surface area contributed by atoms with Gasteiger partial charge in [-0.05, 0) is 53.9 Å². The largest absolute Gasteiger partial charge is 0.456 e. The van der Waals surface area contributed by atoms with Crippen LogP contribution in [-0.4, -0.2) is 9.55 Å². The Morgan fingerprint density at radius 1 is 0.500 bits per heavy atom. The lowest BCUT2D eigenvalue weighted by Crippen LogP contribution is -1.95.